The minimum absolute atomic E-state index is 0.0343. The average Bonchev–Trinajstić information content (AvgIpc) is 2.22. The molecule has 0 saturated carbocycles. The Balaban J connectivity index is 3.45. The van der Waals surface area contributed by atoms with Crippen LogP contribution in [0.4, 0.5) is 0 Å². The van der Waals surface area contributed by atoms with Gasteiger partial charge in [-0.2, -0.15) is 0 Å². The zero-order valence-electron chi connectivity index (χ0n) is 9.51. The van der Waals surface area contributed by atoms with Gasteiger partial charge in [0, 0.05) is 6.54 Å². The van der Waals surface area contributed by atoms with Crippen LogP contribution in [0.3, 0.4) is 0 Å². The highest BCUT2D eigenvalue weighted by atomic mass is 16.1. The number of ketones is 1. The summed E-state index contributed by atoms with van der Waals surface area (Å²) in [7, 11) is 1.78. The molecule has 0 aromatic rings. The predicted octanol–water partition coefficient (Wildman–Crippen LogP) is -0.591. The summed E-state index contributed by atoms with van der Waals surface area (Å²) < 4.78 is 0. The van der Waals surface area contributed by atoms with Gasteiger partial charge in [0.05, 0.1) is 12.6 Å². The molecule has 0 spiro atoms. The maximum atomic E-state index is 11.0. The highest BCUT2D eigenvalue weighted by Crippen LogP contribution is 2.00. The third kappa shape index (κ3) is 7.04. The van der Waals surface area contributed by atoms with E-state index in [1.54, 1.807) is 14.0 Å². The number of rotatable bonds is 8. The molecule has 1 amide bonds. The van der Waals surface area contributed by atoms with E-state index >= 15 is 0 Å². The Morgan fingerprint density at radius 2 is 2.00 bits per heavy atom. The number of carbonyl (C=O) groups excluding carboxylic acids is 2. The summed E-state index contributed by atoms with van der Waals surface area (Å²) in [5.41, 5.74) is 5.13. The summed E-state index contributed by atoms with van der Waals surface area (Å²) in [5.74, 6) is 0.0234. The van der Waals surface area contributed by atoms with Gasteiger partial charge in [-0.15, -0.1) is 0 Å². The molecule has 0 bridgehead atoms. The topological polar surface area (TPSA) is 84.2 Å². The fourth-order valence-corrected chi connectivity index (χ4v) is 1.32. The largest absolute Gasteiger partial charge is 0.355 e. The summed E-state index contributed by atoms with van der Waals surface area (Å²) in [6.45, 7) is 2.24. The molecule has 0 aliphatic heterocycles. The van der Waals surface area contributed by atoms with E-state index in [-0.39, 0.29) is 24.3 Å². The quantitative estimate of drug-likeness (QED) is 0.472. The fraction of sp³-hybridized carbons (Fsp3) is 0.800. The Hall–Kier alpha value is -0.940. The van der Waals surface area contributed by atoms with E-state index < -0.39 is 0 Å². The first-order valence-corrected chi connectivity index (χ1v) is 5.26. The molecule has 5 nitrogen and oxygen atoms in total. The SMILES string of the molecule is CNC(CCCCNC(=O)CN)C(C)=O. The van der Waals surface area contributed by atoms with Crippen molar-refractivity contribution in [3.8, 4) is 0 Å². The number of likely N-dealkylation sites (N-methyl/N-ethyl adjacent to an activating group) is 1. The predicted molar refractivity (Wildman–Crippen MR) is 59.4 cm³/mol. The Kier molecular flexibility index (Phi) is 7.85. The summed E-state index contributed by atoms with van der Waals surface area (Å²) >= 11 is 0. The van der Waals surface area contributed by atoms with Crippen LogP contribution >= 0.6 is 0 Å². The van der Waals surface area contributed by atoms with Gasteiger partial charge < -0.3 is 16.4 Å². The van der Waals surface area contributed by atoms with Crippen molar-refractivity contribution in [3.05, 3.63) is 0 Å². The van der Waals surface area contributed by atoms with Crippen molar-refractivity contribution < 1.29 is 9.59 Å². The monoisotopic (exact) mass is 215 g/mol. The number of hydrogen-bond donors (Lipinski definition) is 3. The molecule has 0 rings (SSSR count). The van der Waals surface area contributed by atoms with Crippen LogP contribution in [0.1, 0.15) is 26.2 Å². The molecule has 0 fully saturated rings. The fourth-order valence-electron chi connectivity index (χ4n) is 1.32. The van der Waals surface area contributed by atoms with E-state index in [0.29, 0.717) is 6.54 Å². The normalized spacial score (nSPS) is 12.2. The average molecular weight is 215 g/mol. The number of nitrogens with two attached hydrogens (primary N) is 1. The number of amides is 1. The van der Waals surface area contributed by atoms with Crippen molar-refractivity contribution in [1.29, 1.82) is 0 Å². The van der Waals surface area contributed by atoms with Crippen molar-refractivity contribution in [1.82, 2.24) is 10.6 Å². The molecule has 4 N–H and O–H groups in total. The third-order valence-corrected chi connectivity index (χ3v) is 2.27. The van der Waals surface area contributed by atoms with Crippen LogP contribution in [-0.4, -0.2) is 37.9 Å². The smallest absolute Gasteiger partial charge is 0.233 e. The molecule has 1 atom stereocenters. The molecule has 0 aliphatic rings. The first kappa shape index (κ1) is 14.1. The van der Waals surface area contributed by atoms with Crippen molar-refractivity contribution in [3.63, 3.8) is 0 Å². The lowest BCUT2D eigenvalue weighted by molar-refractivity contribution is -0.120. The van der Waals surface area contributed by atoms with Crippen LogP contribution in [0, 0.1) is 0 Å². The van der Waals surface area contributed by atoms with Crippen molar-refractivity contribution >= 4 is 11.7 Å². The zero-order chi connectivity index (χ0) is 11.7. The van der Waals surface area contributed by atoms with E-state index in [1.807, 2.05) is 0 Å². The third-order valence-electron chi connectivity index (χ3n) is 2.27. The molecule has 0 aromatic heterocycles. The van der Waals surface area contributed by atoms with Gasteiger partial charge in [-0.25, -0.2) is 0 Å². The Morgan fingerprint density at radius 1 is 1.33 bits per heavy atom. The molecular weight excluding hydrogens is 194 g/mol. The second-order valence-electron chi connectivity index (χ2n) is 3.50. The molecule has 15 heavy (non-hydrogen) atoms. The first-order chi connectivity index (χ1) is 7.11. The van der Waals surface area contributed by atoms with Gasteiger partial charge >= 0.3 is 0 Å². The highest BCUT2D eigenvalue weighted by Gasteiger charge is 2.09. The second kappa shape index (κ2) is 8.38. The van der Waals surface area contributed by atoms with Gasteiger partial charge in [0.15, 0.2) is 0 Å². The molecule has 0 aliphatic carbocycles. The van der Waals surface area contributed by atoms with Crippen LogP contribution in [-0.2, 0) is 9.59 Å². The van der Waals surface area contributed by atoms with E-state index in [0.717, 1.165) is 19.3 Å². The second-order valence-corrected chi connectivity index (χ2v) is 3.50. The molecule has 0 heterocycles. The van der Waals surface area contributed by atoms with Gasteiger partial charge in [-0.3, -0.25) is 9.59 Å². The van der Waals surface area contributed by atoms with E-state index in [2.05, 4.69) is 10.6 Å². The molecule has 0 aromatic carbocycles. The van der Waals surface area contributed by atoms with Crippen LogP contribution in [0.15, 0.2) is 0 Å². The molecule has 0 saturated heterocycles. The minimum Gasteiger partial charge on any atom is -0.355 e. The van der Waals surface area contributed by atoms with E-state index in [9.17, 15) is 9.59 Å². The highest BCUT2D eigenvalue weighted by molar-refractivity contribution is 5.81. The van der Waals surface area contributed by atoms with Gasteiger partial charge in [0.2, 0.25) is 5.91 Å². The Morgan fingerprint density at radius 3 is 2.47 bits per heavy atom. The lowest BCUT2D eigenvalue weighted by atomic mass is 10.1. The molecule has 5 heteroatoms. The van der Waals surface area contributed by atoms with Crippen molar-refractivity contribution in [2.24, 2.45) is 5.73 Å². The summed E-state index contributed by atoms with van der Waals surface area (Å²) in [6, 6.07) is -0.0600. The van der Waals surface area contributed by atoms with Crippen LogP contribution in [0.5, 0.6) is 0 Å². The first-order valence-electron chi connectivity index (χ1n) is 5.26. The van der Waals surface area contributed by atoms with Crippen LogP contribution < -0.4 is 16.4 Å². The maximum absolute atomic E-state index is 11.0. The van der Waals surface area contributed by atoms with Gasteiger partial charge in [0.1, 0.15) is 5.78 Å². The van der Waals surface area contributed by atoms with Crippen LogP contribution in [0.2, 0.25) is 0 Å². The summed E-state index contributed by atoms with van der Waals surface area (Å²) in [5, 5.41) is 5.64. The Bertz CT molecular complexity index is 207. The van der Waals surface area contributed by atoms with Gasteiger partial charge in [-0.05, 0) is 33.2 Å². The maximum Gasteiger partial charge on any atom is 0.233 e. The number of nitrogens with one attached hydrogen (secondary N) is 2. The lowest BCUT2D eigenvalue weighted by Gasteiger charge is -2.12. The molecule has 1 unspecified atom stereocenters. The number of Topliss-reactive ketones (excluding diaryl/α,β-unsaturated/α-hetero) is 1. The summed E-state index contributed by atoms with van der Waals surface area (Å²) in [4.78, 5) is 21.8. The Labute approximate surface area is 90.8 Å². The number of carbonyl (C=O) groups is 2. The lowest BCUT2D eigenvalue weighted by Crippen LogP contribution is -2.33. The van der Waals surface area contributed by atoms with E-state index in [1.165, 1.54) is 0 Å². The van der Waals surface area contributed by atoms with Crippen molar-refractivity contribution in [2.45, 2.75) is 32.2 Å². The van der Waals surface area contributed by atoms with E-state index in [4.69, 9.17) is 5.73 Å². The minimum atomic E-state index is -0.133. The van der Waals surface area contributed by atoms with Gasteiger partial charge in [0.25, 0.3) is 0 Å². The molecular formula is C10H21N3O2. The molecule has 88 valence electrons. The zero-order valence-corrected chi connectivity index (χ0v) is 9.51. The standard InChI is InChI=1S/C10H21N3O2/c1-8(14)9(12-2)5-3-4-6-13-10(15)7-11/h9,12H,3-7,11H2,1-2H3,(H,13,15). The van der Waals surface area contributed by atoms with Crippen LogP contribution in [0.25, 0.3) is 0 Å². The number of unbranched alkanes of at least 4 members (excludes halogenated alkanes) is 1. The number of hydrogen-bond acceptors (Lipinski definition) is 4. The van der Waals surface area contributed by atoms with Crippen molar-refractivity contribution in [2.75, 3.05) is 20.1 Å². The van der Waals surface area contributed by atoms with Gasteiger partial charge in [-0.1, -0.05) is 0 Å². The molecule has 0 radical (unpaired) electrons. The summed E-state index contributed by atoms with van der Waals surface area (Å²) in [6.07, 6.45) is 2.59.